The Labute approximate surface area is 117 Å². The fourth-order valence-corrected chi connectivity index (χ4v) is 3.92. The largest absolute Gasteiger partial charge is 0.313 e. The molecule has 1 fully saturated rings. The highest BCUT2D eigenvalue weighted by Crippen LogP contribution is 2.20. The van der Waals surface area contributed by atoms with Crippen molar-refractivity contribution in [2.24, 2.45) is 0 Å². The van der Waals surface area contributed by atoms with E-state index in [0.717, 1.165) is 31.5 Å². The Kier molecular flexibility index (Phi) is 4.72. The Hall–Kier alpha value is -1.05. The lowest BCUT2D eigenvalue weighted by Crippen LogP contribution is -2.41. The predicted octanol–water partition coefficient (Wildman–Crippen LogP) is 1.73. The van der Waals surface area contributed by atoms with Crippen LogP contribution in [0.5, 0.6) is 0 Å². The molecular weight excluding hydrogens is 286 g/mol. The number of hydrogen-bond donors (Lipinski definition) is 1. The van der Waals surface area contributed by atoms with Gasteiger partial charge >= 0.3 is 0 Å². The van der Waals surface area contributed by atoms with E-state index in [2.05, 4.69) is 5.32 Å². The average Bonchev–Trinajstić information content (AvgIpc) is 2.87. The lowest BCUT2D eigenvalue weighted by molar-refractivity contribution is 0.382. The number of hydrogen-bond acceptors (Lipinski definition) is 3. The molecule has 112 valence electrons. The molecule has 1 saturated heterocycles. The molecule has 0 radical (unpaired) electrons. The summed E-state index contributed by atoms with van der Waals surface area (Å²) in [7, 11) is -3.87. The van der Waals surface area contributed by atoms with E-state index in [1.165, 1.54) is 4.31 Å². The molecule has 2 rings (SSSR count). The van der Waals surface area contributed by atoms with Gasteiger partial charge in [0.25, 0.3) is 0 Å². The first-order valence-corrected chi connectivity index (χ1v) is 8.07. The van der Waals surface area contributed by atoms with Crippen LogP contribution in [0.3, 0.4) is 0 Å². The lowest BCUT2D eigenvalue weighted by atomic mass is 10.2. The Balaban J connectivity index is 2.25. The topological polar surface area (TPSA) is 49.4 Å². The van der Waals surface area contributed by atoms with Crippen LogP contribution in [0.4, 0.5) is 8.78 Å². The summed E-state index contributed by atoms with van der Waals surface area (Å²) >= 11 is 0. The van der Waals surface area contributed by atoms with Crippen molar-refractivity contribution < 1.29 is 17.2 Å². The van der Waals surface area contributed by atoms with Gasteiger partial charge in [-0.2, -0.15) is 4.31 Å². The highest BCUT2D eigenvalue weighted by molar-refractivity contribution is 7.89. The quantitative estimate of drug-likeness (QED) is 0.901. The second-order valence-corrected chi connectivity index (χ2v) is 6.79. The van der Waals surface area contributed by atoms with E-state index < -0.39 is 21.7 Å². The van der Waals surface area contributed by atoms with E-state index in [-0.39, 0.29) is 17.5 Å². The zero-order chi connectivity index (χ0) is 14.8. The number of likely N-dealkylation sites (N-methyl/N-ethyl adjacent to an activating group) is 1. The van der Waals surface area contributed by atoms with Gasteiger partial charge < -0.3 is 5.32 Å². The number of nitrogens with one attached hydrogen (secondary N) is 1. The average molecular weight is 304 g/mol. The Morgan fingerprint density at radius 3 is 2.45 bits per heavy atom. The van der Waals surface area contributed by atoms with E-state index in [1.54, 1.807) is 6.92 Å². The first kappa shape index (κ1) is 15.3. The van der Waals surface area contributed by atoms with Crippen LogP contribution >= 0.6 is 0 Å². The van der Waals surface area contributed by atoms with Crippen LogP contribution in [0.2, 0.25) is 0 Å². The minimum Gasteiger partial charge on any atom is -0.313 e. The van der Waals surface area contributed by atoms with Crippen LogP contribution in [0, 0.1) is 11.6 Å². The van der Waals surface area contributed by atoms with Gasteiger partial charge in [0.05, 0.1) is 4.90 Å². The predicted molar refractivity (Wildman–Crippen MR) is 71.8 cm³/mol. The number of benzene rings is 1. The highest BCUT2D eigenvalue weighted by atomic mass is 32.2. The van der Waals surface area contributed by atoms with Crippen LogP contribution in [-0.4, -0.2) is 38.4 Å². The summed E-state index contributed by atoms with van der Waals surface area (Å²) in [6.07, 6.45) is 1.92. The summed E-state index contributed by atoms with van der Waals surface area (Å²) in [5.41, 5.74) is 0. The second kappa shape index (κ2) is 6.15. The minimum atomic E-state index is -3.87. The normalized spacial score (nSPS) is 19.7. The van der Waals surface area contributed by atoms with Crippen molar-refractivity contribution in [3.8, 4) is 0 Å². The van der Waals surface area contributed by atoms with E-state index in [0.29, 0.717) is 12.6 Å². The van der Waals surface area contributed by atoms with Gasteiger partial charge in [-0.15, -0.1) is 0 Å². The number of halogens is 2. The van der Waals surface area contributed by atoms with Crippen molar-refractivity contribution in [3.63, 3.8) is 0 Å². The van der Waals surface area contributed by atoms with Gasteiger partial charge in [-0.1, -0.05) is 6.92 Å². The van der Waals surface area contributed by atoms with E-state index in [1.807, 2.05) is 0 Å². The van der Waals surface area contributed by atoms with Gasteiger partial charge in [-0.05, 0) is 31.5 Å². The fourth-order valence-electron chi connectivity index (χ4n) is 2.38. The maximum atomic E-state index is 13.2. The molecule has 20 heavy (non-hydrogen) atoms. The summed E-state index contributed by atoms with van der Waals surface area (Å²) < 4.78 is 52.5. The molecule has 1 unspecified atom stereocenters. The SMILES string of the molecule is CCN(CC1CCCN1)S(=O)(=O)c1cc(F)cc(F)c1. The van der Waals surface area contributed by atoms with Gasteiger partial charge in [0.15, 0.2) is 0 Å². The lowest BCUT2D eigenvalue weighted by Gasteiger charge is -2.24. The van der Waals surface area contributed by atoms with Gasteiger partial charge in [-0.3, -0.25) is 0 Å². The van der Waals surface area contributed by atoms with Gasteiger partial charge in [0.2, 0.25) is 10.0 Å². The summed E-state index contributed by atoms with van der Waals surface area (Å²) in [4.78, 5) is -0.338. The van der Waals surface area contributed by atoms with Crippen LogP contribution < -0.4 is 5.32 Å². The fraction of sp³-hybridized carbons (Fsp3) is 0.538. The molecule has 4 nitrogen and oxygen atoms in total. The molecule has 0 aliphatic carbocycles. The molecule has 1 aromatic carbocycles. The van der Waals surface area contributed by atoms with Crippen molar-refractivity contribution in [3.05, 3.63) is 29.8 Å². The molecule has 1 N–H and O–H groups in total. The summed E-state index contributed by atoms with van der Waals surface area (Å²) in [5.74, 6) is -1.78. The molecule has 7 heteroatoms. The third-order valence-electron chi connectivity index (χ3n) is 3.41. The third-order valence-corrected chi connectivity index (χ3v) is 5.33. The van der Waals surface area contributed by atoms with Crippen molar-refractivity contribution in [2.75, 3.05) is 19.6 Å². The van der Waals surface area contributed by atoms with Gasteiger partial charge in [0.1, 0.15) is 11.6 Å². The van der Waals surface area contributed by atoms with Crippen molar-refractivity contribution >= 4 is 10.0 Å². The van der Waals surface area contributed by atoms with Crippen molar-refractivity contribution in [1.29, 1.82) is 0 Å². The zero-order valence-corrected chi connectivity index (χ0v) is 12.1. The maximum Gasteiger partial charge on any atom is 0.243 e. The van der Waals surface area contributed by atoms with Gasteiger partial charge in [-0.25, -0.2) is 17.2 Å². The minimum absolute atomic E-state index is 0.100. The molecule has 0 aromatic heterocycles. The molecule has 0 spiro atoms. The summed E-state index contributed by atoms with van der Waals surface area (Å²) in [6.45, 7) is 3.16. The van der Waals surface area contributed by atoms with Crippen molar-refractivity contribution in [2.45, 2.75) is 30.7 Å². The molecule has 0 saturated carbocycles. The van der Waals surface area contributed by atoms with E-state index in [9.17, 15) is 17.2 Å². The molecule has 1 atom stereocenters. The number of sulfonamides is 1. The van der Waals surface area contributed by atoms with Crippen molar-refractivity contribution in [1.82, 2.24) is 9.62 Å². The Morgan fingerprint density at radius 1 is 1.30 bits per heavy atom. The summed E-state index contributed by atoms with van der Waals surface area (Å²) in [6, 6.07) is 2.46. The number of nitrogens with zero attached hydrogens (tertiary/aromatic N) is 1. The van der Waals surface area contributed by atoms with Crippen LogP contribution in [-0.2, 0) is 10.0 Å². The zero-order valence-electron chi connectivity index (χ0n) is 11.3. The first-order valence-electron chi connectivity index (χ1n) is 6.63. The molecule has 0 amide bonds. The first-order chi connectivity index (χ1) is 9.43. The molecule has 1 aliphatic heterocycles. The molecule has 1 heterocycles. The molecule has 0 bridgehead atoms. The van der Waals surface area contributed by atoms with Crippen LogP contribution in [0.15, 0.2) is 23.1 Å². The number of rotatable bonds is 5. The molecular formula is C13H18F2N2O2S. The summed E-state index contributed by atoms with van der Waals surface area (Å²) in [5, 5.41) is 3.21. The Morgan fingerprint density at radius 2 is 1.95 bits per heavy atom. The third kappa shape index (κ3) is 3.34. The standard InChI is InChI=1S/C13H18F2N2O2S/c1-2-17(9-12-4-3-5-16-12)20(18,19)13-7-10(14)6-11(15)8-13/h6-8,12,16H,2-5,9H2,1H3. The van der Waals surface area contributed by atoms with Gasteiger partial charge in [0, 0.05) is 25.2 Å². The van der Waals surface area contributed by atoms with E-state index >= 15 is 0 Å². The van der Waals surface area contributed by atoms with Crippen LogP contribution in [0.25, 0.3) is 0 Å². The monoisotopic (exact) mass is 304 g/mol. The maximum absolute atomic E-state index is 13.2. The highest BCUT2D eigenvalue weighted by Gasteiger charge is 2.27. The molecule has 1 aliphatic rings. The smallest absolute Gasteiger partial charge is 0.243 e. The Bertz CT molecular complexity index is 551. The second-order valence-electron chi connectivity index (χ2n) is 4.85. The van der Waals surface area contributed by atoms with Crippen LogP contribution in [0.1, 0.15) is 19.8 Å². The van der Waals surface area contributed by atoms with E-state index in [4.69, 9.17) is 0 Å². The molecule has 1 aromatic rings.